The van der Waals surface area contributed by atoms with E-state index in [2.05, 4.69) is 47.2 Å². The van der Waals surface area contributed by atoms with Crippen LogP contribution in [0.25, 0.3) is 0 Å². The lowest BCUT2D eigenvalue weighted by Crippen LogP contribution is -2.19. The first-order chi connectivity index (χ1) is 7.66. The molecule has 0 amide bonds. The molecule has 1 aliphatic heterocycles. The maximum absolute atomic E-state index is 5.61. The molecule has 16 heavy (non-hydrogen) atoms. The van der Waals surface area contributed by atoms with Crippen LogP contribution < -0.4 is 5.32 Å². The molecule has 1 fully saturated rings. The molecule has 2 nitrogen and oxygen atoms in total. The molecular formula is C13H18BrNO. The summed E-state index contributed by atoms with van der Waals surface area (Å²) in [6.07, 6.45) is 2.77. The molecule has 1 saturated heterocycles. The highest BCUT2D eigenvalue weighted by molar-refractivity contribution is 9.10. The minimum absolute atomic E-state index is 0.391. The quantitative estimate of drug-likeness (QED) is 0.914. The molecule has 0 bridgehead atoms. The van der Waals surface area contributed by atoms with Crippen molar-refractivity contribution < 1.29 is 4.74 Å². The van der Waals surface area contributed by atoms with Gasteiger partial charge in [0.2, 0.25) is 0 Å². The van der Waals surface area contributed by atoms with E-state index >= 15 is 0 Å². The van der Waals surface area contributed by atoms with Crippen molar-refractivity contribution in [2.45, 2.75) is 32.8 Å². The van der Waals surface area contributed by atoms with Crippen molar-refractivity contribution in [3.05, 3.63) is 27.7 Å². The third-order valence-corrected chi connectivity index (χ3v) is 3.49. The fraction of sp³-hybridized carbons (Fsp3) is 0.538. The van der Waals surface area contributed by atoms with E-state index in [0.717, 1.165) is 17.6 Å². The number of benzene rings is 1. The Morgan fingerprint density at radius 2 is 2.06 bits per heavy atom. The van der Waals surface area contributed by atoms with Crippen LogP contribution in [0.4, 0.5) is 5.69 Å². The van der Waals surface area contributed by atoms with Crippen molar-refractivity contribution in [3.8, 4) is 0 Å². The summed E-state index contributed by atoms with van der Waals surface area (Å²) in [5, 5.41) is 3.50. The molecule has 0 aliphatic carbocycles. The molecule has 0 radical (unpaired) electrons. The first-order valence-electron chi connectivity index (χ1n) is 5.79. The molecule has 3 heteroatoms. The van der Waals surface area contributed by atoms with Crippen LogP contribution in [0.1, 0.15) is 24.0 Å². The normalized spacial score (nSPS) is 20.1. The summed E-state index contributed by atoms with van der Waals surface area (Å²) in [4.78, 5) is 0. The molecule has 1 heterocycles. The van der Waals surface area contributed by atoms with Gasteiger partial charge < -0.3 is 10.1 Å². The summed E-state index contributed by atoms with van der Waals surface area (Å²) in [6.45, 7) is 6.11. The minimum Gasteiger partial charge on any atom is -0.382 e. The number of nitrogens with one attached hydrogen (secondary N) is 1. The Morgan fingerprint density at radius 1 is 1.38 bits per heavy atom. The predicted molar refractivity (Wildman–Crippen MR) is 71.1 cm³/mol. The number of hydrogen-bond donors (Lipinski definition) is 1. The van der Waals surface area contributed by atoms with Gasteiger partial charge in [-0.15, -0.1) is 0 Å². The SMILES string of the molecule is Cc1cc(Br)cc(C)c1NCC1CCCO1. The lowest BCUT2D eigenvalue weighted by Gasteiger charge is -2.16. The summed E-state index contributed by atoms with van der Waals surface area (Å²) in [5.74, 6) is 0. The van der Waals surface area contributed by atoms with Crippen molar-refractivity contribution in [1.82, 2.24) is 0 Å². The Labute approximate surface area is 106 Å². The molecule has 1 N–H and O–H groups in total. The zero-order valence-electron chi connectivity index (χ0n) is 9.85. The Balaban J connectivity index is 2.03. The standard InChI is InChI=1S/C13H18BrNO/c1-9-6-11(14)7-10(2)13(9)15-8-12-4-3-5-16-12/h6-7,12,15H,3-5,8H2,1-2H3. The van der Waals surface area contributed by atoms with Gasteiger partial charge in [0.05, 0.1) is 6.10 Å². The molecule has 0 saturated carbocycles. The van der Waals surface area contributed by atoms with E-state index in [-0.39, 0.29) is 0 Å². The molecule has 1 atom stereocenters. The van der Waals surface area contributed by atoms with E-state index in [1.807, 2.05) is 0 Å². The third-order valence-electron chi connectivity index (χ3n) is 3.03. The third kappa shape index (κ3) is 2.77. The summed E-state index contributed by atoms with van der Waals surface area (Å²) < 4.78 is 6.75. The molecule has 1 aliphatic rings. The second kappa shape index (κ2) is 5.19. The van der Waals surface area contributed by atoms with E-state index in [1.54, 1.807) is 0 Å². The van der Waals surface area contributed by atoms with Gasteiger partial charge in [-0.2, -0.15) is 0 Å². The summed E-state index contributed by atoms with van der Waals surface area (Å²) in [7, 11) is 0. The van der Waals surface area contributed by atoms with Gasteiger partial charge in [-0.1, -0.05) is 15.9 Å². The minimum atomic E-state index is 0.391. The molecule has 0 spiro atoms. The first kappa shape index (κ1) is 11.9. The van der Waals surface area contributed by atoms with Crippen LogP contribution >= 0.6 is 15.9 Å². The smallest absolute Gasteiger partial charge is 0.0748 e. The second-order valence-corrected chi connectivity index (χ2v) is 5.35. The largest absolute Gasteiger partial charge is 0.382 e. The van der Waals surface area contributed by atoms with Crippen LogP contribution in [0.5, 0.6) is 0 Å². The van der Waals surface area contributed by atoms with Gasteiger partial charge >= 0.3 is 0 Å². The number of halogens is 1. The van der Waals surface area contributed by atoms with Crippen LogP contribution in [0.3, 0.4) is 0 Å². The summed E-state index contributed by atoms with van der Waals surface area (Å²) in [5.41, 5.74) is 3.81. The molecule has 88 valence electrons. The Bertz CT molecular complexity index is 349. The fourth-order valence-corrected chi connectivity index (χ4v) is 2.90. The highest BCUT2D eigenvalue weighted by atomic mass is 79.9. The van der Waals surface area contributed by atoms with Crippen LogP contribution in [-0.2, 0) is 4.74 Å². The molecule has 2 rings (SSSR count). The van der Waals surface area contributed by atoms with Gasteiger partial charge in [0.1, 0.15) is 0 Å². The van der Waals surface area contributed by atoms with E-state index in [4.69, 9.17) is 4.74 Å². The van der Waals surface area contributed by atoms with Gasteiger partial charge in [0, 0.05) is 23.3 Å². The van der Waals surface area contributed by atoms with Crippen LogP contribution in [0.2, 0.25) is 0 Å². The van der Waals surface area contributed by atoms with E-state index < -0.39 is 0 Å². The molecule has 1 aromatic rings. The molecule has 1 unspecified atom stereocenters. The maximum atomic E-state index is 5.61. The fourth-order valence-electron chi connectivity index (χ4n) is 2.21. The van der Waals surface area contributed by atoms with Gasteiger partial charge in [-0.25, -0.2) is 0 Å². The lowest BCUT2D eigenvalue weighted by molar-refractivity contribution is 0.120. The number of hydrogen-bond acceptors (Lipinski definition) is 2. The number of rotatable bonds is 3. The van der Waals surface area contributed by atoms with Gasteiger partial charge in [-0.05, 0) is 49.9 Å². The van der Waals surface area contributed by atoms with Gasteiger partial charge in [0.15, 0.2) is 0 Å². The zero-order valence-corrected chi connectivity index (χ0v) is 11.4. The van der Waals surface area contributed by atoms with Crippen molar-refractivity contribution >= 4 is 21.6 Å². The number of anilines is 1. The van der Waals surface area contributed by atoms with Crippen molar-refractivity contribution in [3.63, 3.8) is 0 Å². The van der Waals surface area contributed by atoms with Crippen LogP contribution in [0.15, 0.2) is 16.6 Å². The van der Waals surface area contributed by atoms with Crippen LogP contribution in [0, 0.1) is 13.8 Å². The van der Waals surface area contributed by atoms with Crippen LogP contribution in [-0.4, -0.2) is 19.3 Å². The Hall–Kier alpha value is -0.540. The molecular weight excluding hydrogens is 266 g/mol. The van der Waals surface area contributed by atoms with E-state index in [1.165, 1.54) is 29.7 Å². The lowest BCUT2D eigenvalue weighted by atomic mass is 10.1. The van der Waals surface area contributed by atoms with Crippen molar-refractivity contribution in [1.29, 1.82) is 0 Å². The zero-order chi connectivity index (χ0) is 11.5. The van der Waals surface area contributed by atoms with Crippen molar-refractivity contribution in [2.75, 3.05) is 18.5 Å². The average molecular weight is 284 g/mol. The molecule has 1 aromatic carbocycles. The van der Waals surface area contributed by atoms with Gasteiger partial charge in [0.25, 0.3) is 0 Å². The Morgan fingerprint density at radius 3 is 2.62 bits per heavy atom. The average Bonchev–Trinajstić information content (AvgIpc) is 2.68. The van der Waals surface area contributed by atoms with Gasteiger partial charge in [-0.3, -0.25) is 0 Å². The Kier molecular flexibility index (Phi) is 3.87. The second-order valence-electron chi connectivity index (χ2n) is 4.43. The number of aryl methyl sites for hydroxylation is 2. The van der Waals surface area contributed by atoms with E-state index in [0.29, 0.717) is 6.10 Å². The predicted octanol–water partition coefficient (Wildman–Crippen LogP) is 3.66. The monoisotopic (exact) mass is 283 g/mol. The first-order valence-corrected chi connectivity index (χ1v) is 6.58. The highest BCUT2D eigenvalue weighted by Gasteiger charge is 2.15. The molecule has 0 aromatic heterocycles. The van der Waals surface area contributed by atoms with E-state index in [9.17, 15) is 0 Å². The summed E-state index contributed by atoms with van der Waals surface area (Å²) >= 11 is 3.51. The maximum Gasteiger partial charge on any atom is 0.0748 e. The topological polar surface area (TPSA) is 21.3 Å². The summed E-state index contributed by atoms with van der Waals surface area (Å²) in [6, 6.07) is 4.29. The number of ether oxygens (including phenoxy) is 1. The van der Waals surface area contributed by atoms with Crippen molar-refractivity contribution in [2.24, 2.45) is 0 Å². The highest BCUT2D eigenvalue weighted by Crippen LogP contribution is 2.25.